The van der Waals surface area contributed by atoms with Gasteiger partial charge in [0.15, 0.2) is 0 Å². The summed E-state index contributed by atoms with van der Waals surface area (Å²) in [6, 6.07) is -0.829. The van der Waals surface area contributed by atoms with Crippen LogP contribution in [0.1, 0.15) is 271 Å². The molecule has 0 bridgehead atoms. The van der Waals surface area contributed by atoms with Gasteiger partial charge in [-0.2, -0.15) is 0 Å². The molecule has 0 aromatic rings. The summed E-state index contributed by atoms with van der Waals surface area (Å²) in [5.41, 5.74) is 0. The summed E-state index contributed by atoms with van der Waals surface area (Å²) in [4.78, 5) is 12.5. The highest BCUT2D eigenvalue weighted by molar-refractivity contribution is 5.76. The molecule has 332 valence electrons. The number of amides is 1. The molecule has 56 heavy (non-hydrogen) atoms. The Morgan fingerprint density at radius 1 is 0.429 bits per heavy atom. The van der Waals surface area contributed by atoms with Gasteiger partial charge in [0.05, 0.1) is 18.8 Å². The molecule has 0 aliphatic carbocycles. The van der Waals surface area contributed by atoms with Gasteiger partial charge in [0, 0.05) is 6.42 Å². The molecule has 0 aliphatic heterocycles. The van der Waals surface area contributed by atoms with Crippen LogP contribution >= 0.6 is 0 Å². The van der Waals surface area contributed by atoms with Crippen molar-refractivity contribution in [3.05, 3.63) is 24.3 Å². The highest BCUT2D eigenvalue weighted by Gasteiger charge is 2.26. The Kier molecular flexibility index (Phi) is 45.5. The van der Waals surface area contributed by atoms with E-state index in [0.29, 0.717) is 12.8 Å². The average molecular weight is 790 g/mol. The predicted molar refractivity (Wildman–Crippen MR) is 245 cm³/mol. The number of allylic oxidation sites excluding steroid dienone is 4. The van der Waals surface area contributed by atoms with E-state index in [1.54, 1.807) is 0 Å². The van der Waals surface area contributed by atoms with Crippen LogP contribution in [-0.4, -0.2) is 46.1 Å². The van der Waals surface area contributed by atoms with Crippen molar-refractivity contribution < 1.29 is 20.1 Å². The zero-order chi connectivity index (χ0) is 40.8. The van der Waals surface area contributed by atoms with Crippen molar-refractivity contribution >= 4 is 5.91 Å². The number of hydrogen-bond donors (Lipinski definition) is 4. The monoisotopic (exact) mass is 790 g/mol. The summed E-state index contributed by atoms with van der Waals surface area (Å²) in [5, 5.41) is 33.6. The third kappa shape index (κ3) is 41.0. The maximum absolute atomic E-state index is 12.5. The van der Waals surface area contributed by atoms with E-state index in [1.165, 1.54) is 199 Å². The minimum Gasteiger partial charge on any atom is -0.394 e. The first-order valence-electron chi connectivity index (χ1n) is 25.1. The van der Waals surface area contributed by atoms with Gasteiger partial charge in [-0.25, -0.2) is 0 Å². The number of carbonyl (C=O) groups excluding carboxylic acids is 1. The summed E-state index contributed by atoms with van der Waals surface area (Å²) >= 11 is 0. The Hall–Kier alpha value is -1.17. The fourth-order valence-corrected chi connectivity index (χ4v) is 7.89. The van der Waals surface area contributed by atoms with E-state index in [2.05, 4.69) is 43.5 Å². The SMILES string of the molecule is CCCCCCCCCCC/C=C/CC/C=C/CCCC(O)C(O)C(CO)NC(=O)CCCCCCCCCCCCCCCCCCCCCCCCCC. The van der Waals surface area contributed by atoms with Crippen molar-refractivity contribution in [3.63, 3.8) is 0 Å². The molecule has 0 saturated carbocycles. The molecule has 0 rings (SSSR count). The number of unbranched alkanes of at least 4 members (excludes halogenated alkanes) is 34. The van der Waals surface area contributed by atoms with Gasteiger partial charge in [-0.15, -0.1) is 0 Å². The first-order chi connectivity index (χ1) is 27.6. The fourth-order valence-electron chi connectivity index (χ4n) is 7.89. The molecule has 0 aromatic heterocycles. The van der Waals surface area contributed by atoms with Gasteiger partial charge in [0.1, 0.15) is 6.10 Å². The van der Waals surface area contributed by atoms with Crippen LogP contribution in [0.2, 0.25) is 0 Å². The van der Waals surface area contributed by atoms with E-state index in [9.17, 15) is 20.1 Å². The van der Waals surface area contributed by atoms with Gasteiger partial charge in [0.2, 0.25) is 5.91 Å². The van der Waals surface area contributed by atoms with Gasteiger partial charge in [-0.05, 0) is 51.4 Å². The third-order valence-electron chi connectivity index (χ3n) is 11.8. The average Bonchev–Trinajstić information content (AvgIpc) is 3.20. The molecular weight excluding hydrogens is 691 g/mol. The van der Waals surface area contributed by atoms with E-state index >= 15 is 0 Å². The van der Waals surface area contributed by atoms with Crippen molar-refractivity contribution in [1.29, 1.82) is 0 Å². The van der Waals surface area contributed by atoms with E-state index in [0.717, 1.165) is 44.9 Å². The predicted octanol–water partition coefficient (Wildman–Crippen LogP) is 14.9. The van der Waals surface area contributed by atoms with Crippen molar-refractivity contribution in [2.45, 2.75) is 289 Å². The van der Waals surface area contributed by atoms with Crippen LogP contribution in [0.4, 0.5) is 0 Å². The number of aliphatic hydroxyl groups is 3. The van der Waals surface area contributed by atoms with Crippen molar-refractivity contribution in [2.75, 3.05) is 6.61 Å². The Bertz CT molecular complexity index is 829. The van der Waals surface area contributed by atoms with Gasteiger partial charge in [0.25, 0.3) is 0 Å². The van der Waals surface area contributed by atoms with Crippen LogP contribution in [0.15, 0.2) is 24.3 Å². The molecule has 4 N–H and O–H groups in total. The smallest absolute Gasteiger partial charge is 0.220 e. The van der Waals surface area contributed by atoms with E-state index < -0.39 is 18.2 Å². The molecule has 0 saturated heterocycles. The van der Waals surface area contributed by atoms with Crippen LogP contribution in [-0.2, 0) is 4.79 Å². The highest BCUT2D eigenvalue weighted by atomic mass is 16.3. The zero-order valence-electron chi connectivity index (χ0n) is 37.8. The van der Waals surface area contributed by atoms with Gasteiger partial charge in [-0.3, -0.25) is 4.79 Å². The van der Waals surface area contributed by atoms with E-state index in [4.69, 9.17) is 0 Å². The summed E-state index contributed by atoms with van der Waals surface area (Å²) in [6.45, 7) is 4.19. The highest BCUT2D eigenvalue weighted by Crippen LogP contribution is 2.17. The topological polar surface area (TPSA) is 89.8 Å². The lowest BCUT2D eigenvalue weighted by molar-refractivity contribution is -0.124. The minimum atomic E-state index is -1.16. The second-order valence-electron chi connectivity index (χ2n) is 17.4. The lowest BCUT2D eigenvalue weighted by atomic mass is 10.0. The van der Waals surface area contributed by atoms with Gasteiger partial charge < -0.3 is 20.6 Å². The van der Waals surface area contributed by atoms with Gasteiger partial charge >= 0.3 is 0 Å². The molecule has 0 fully saturated rings. The molecule has 0 radical (unpaired) electrons. The zero-order valence-corrected chi connectivity index (χ0v) is 37.8. The largest absolute Gasteiger partial charge is 0.394 e. The molecule has 0 spiro atoms. The summed E-state index contributed by atoms with van der Waals surface area (Å²) in [7, 11) is 0. The normalized spacial score (nSPS) is 13.6. The first-order valence-corrected chi connectivity index (χ1v) is 25.1. The Balaban J connectivity index is 3.60. The van der Waals surface area contributed by atoms with Crippen LogP contribution in [0, 0.1) is 0 Å². The molecule has 5 nitrogen and oxygen atoms in total. The Morgan fingerprint density at radius 2 is 0.732 bits per heavy atom. The lowest BCUT2D eigenvalue weighted by Gasteiger charge is -2.26. The molecule has 3 unspecified atom stereocenters. The second kappa shape index (κ2) is 46.5. The number of rotatable bonds is 46. The van der Waals surface area contributed by atoms with Crippen LogP contribution in [0.25, 0.3) is 0 Å². The third-order valence-corrected chi connectivity index (χ3v) is 11.8. The van der Waals surface area contributed by atoms with Gasteiger partial charge in [-0.1, -0.05) is 237 Å². The maximum atomic E-state index is 12.5. The summed E-state index contributed by atoms with van der Waals surface area (Å²) < 4.78 is 0. The standard InChI is InChI=1S/C51H99NO4/c1-3-5-7-9-11-13-15-17-19-21-23-24-25-26-27-28-30-32-34-36-38-40-42-44-46-50(55)52-48(47-53)51(56)49(54)45-43-41-39-37-35-33-31-29-22-20-18-16-14-12-10-8-6-4-2/h29,31,37,39,48-49,51,53-54,56H,3-28,30,32-36,38,40-47H2,1-2H3,(H,52,55)/b31-29+,39-37+. The van der Waals surface area contributed by atoms with Crippen molar-refractivity contribution in [3.8, 4) is 0 Å². The van der Waals surface area contributed by atoms with Crippen molar-refractivity contribution in [2.24, 2.45) is 0 Å². The number of hydrogen-bond acceptors (Lipinski definition) is 4. The maximum Gasteiger partial charge on any atom is 0.220 e. The number of carbonyl (C=O) groups is 1. The molecule has 0 heterocycles. The van der Waals surface area contributed by atoms with Crippen molar-refractivity contribution in [1.82, 2.24) is 5.32 Å². The summed E-state index contributed by atoms with van der Waals surface area (Å²) in [6.07, 6.45) is 57.4. The Labute approximate surface area is 350 Å². The first kappa shape index (κ1) is 54.8. The molecule has 0 aliphatic rings. The number of aliphatic hydroxyl groups excluding tert-OH is 3. The van der Waals surface area contributed by atoms with Crippen LogP contribution < -0.4 is 5.32 Å². The molecule has 3 atom stereocenters. The minimum absolute atomic E-state index is 0.153. The van der Waals surface area contributed by atoms with E-state index in [1.807, 2.05) is 0 Å². The molecule has 0 aromatic carbocycles. The second-order valence-corrected chi connectivity index (χ2v) is 17.4. The van der Waals surface area contributed by atoms with Crippen LogP contribution in [0.3, 0.4) is 0 Å². The molecule has 5 heteroatoms. The molecular formula is C51H99NO4. The quantitative estimate of drug-likeness (QED) is 0.0365. The fraction of sp³-hybridized carbons (Fsp3) is 0.902. The number of nitrogens with one attached hydrogen (secondary N) is 1. The lowest BCUT2D eigenvalue weighted by Crippen LogP contribution is -2.50. The van der Waals surface area contributed by atoms with Crippen LogP contribution in [0.5, 0.6) is 0 Å². The summed E-state index contributed by atoms with van der Waals surface area (Å²) in [5.74, 6) is -0.153. The van der Waals surface area contributed by atoms with E-state index in [-0.39, 0.29) is 12.5 Å². The molecule has 1 amide bonds. The Morgan fingerprint density at radius 3 is 1.09 bits per heavy atom.